The van der Waals surface area contributed by atoms with Crippen LogP contribution in [0, 0.1) is 13.8 Å². The topological polar surface area (TPSA) is 87.1 Å². The Morgan fingerprint density at radius 1 is 0.946 bits per heavy atom. The maximum Gasteiger partial charge on any atom is 0.339 e. The number of carbonyl (C=O) groups excluding carboxylic acids is 3. The minimum Gasteiger partial charge on any atom is -0.454 e. The number of thioether (sulfide) groups is 1. The van der Waals surface area contributed by atoms with Crippen LogP contribution in [0.25, 0.3) is 5.69 Å². The van der Waals surface area contributed by atoms with Gasteiger partial charge in [0.15, 0.2) is 18.1 Å². The van der Waals surface area contributed by atoms with Crippen molar-refractivity contribution in [1.82, 2.24) is 9.47 Å². The number of aromatic nitrogens is 1. The maximum atomic E-state index is 13.0. The molecule has 0 unspecified atom stereocenters. The van der Waals surface area contributed by atoms with Crippen molar-refractivity contribution in [3.05, 3.63) is 71.0 Å². The van der Waals surface area contributed by atoms with Gasteiger partial charge in [0.1, 0.15) is 0 Å². The number of ether oxygens (including phenoxy) is 3. The third-order valence-corrected chi connectivity index (χ3v) is 7.66. The first-order valence-corrected chi connectivity index (χ1v) is 13.2. The number of carbonyl (C=O) groups is 3. The molecule has 0 bridgehead atoms. The highest BCUT2D eigenvalue weighted by atomic mass is 32.2. The number of likely N-dealkylation sites (tertiary alicyclic amines) is 1. The molecule has 1 amide bonds. The predicted molar refractivity (Wildman–Crippen MR) is 139 cm³/mol. The van der Waals surface area contributed by atoms with E-state index in [1.54, 1.807) is 24.3 Å². The van der Waals surface area contributed by atoms with E-state index in [1.165, 1.54) is 11.8 Å². The molecule has 2 aliphatic heterocycles. The predicted octanol–water partition coefficient (Wildman–Crippen LogP) is 4.58. The highest BCUT2D eigenvalue weighted by molar-refractivity contribution is 8.00. The van der Waals surface area contributed by atoms with Gasteiger partial charge < -0.3 is 23.7 Å². The monoisotopic (exact) mass is 520 g/mol. The number of esters is 1. The summed E-state index contributed by atoms with van der Waals surface area (Å²) in [5.74, 6) is 0.796. The van der Waals surface area contributed by atoms with Gasteiger partial charge in [0, 0.05) is 46.7 Å². The van der Waals surface area contributed by atoms with Crippen molar-refractivity contribution in [2.24, 2.45) is 0 Å². The van der Waals surface area contributed by atoms with Gasteiger partial charge in [0.25, 0.3) is 0 Å². The smallest absolute Gasteiger partial charge is 0.339 e. The number of amides is 1. The molecule has 0 saturated carbocycles. The summed E-state index contributed by atoms with van der Waals surface area (Å²) < 4.78 is 18.3. The van der Waals surface area contributed by atoms with Gasteiger partial charge >= 0.3 is 5.97 Å². The normalized spacial score (nSPS) is 14.2. The first-order chi connectivity index (χ1) is 17.9. The molecule has 8 nitrogen and oxygen atoms in total. The number of Topliss-reactive ketones (excluding diaryl/α,β-unsaturated/α-hetero) is 1. The fourth-order valence-corrected chi connectivity index (χ4v) is 5.65. The number of aryl methyl sites for hydroxylation is 1. The lowest BCUT2D eigenvalue weighted by Gasteiger charge is -2.15. The van der Waals surface area contributed by atoms with Gasteiger partial charge in [-0.3, -0.25) is 9.59 Å². The summed E-state index contributed by atoms with van der Waals surface area (Å²) in [6.07, 6.45) is 2.07. The summed E-state index contributed by atoms with van der Waals surface area (Å²) in [5.41, 5.74) is 3.30. The summed E-state index contributed by atoms with van der Waals surface area (Å²) in [7, 11) is 0. The molecule has 2 aliphatic rings. The van der Waals surface area contributed by atoms with E-state index in [4.69, 9.17) is 14.2 Å². The maximum absolute atomic E-state index is 13.0. The van der Waals surface area contributed by atoms with Crippen molar-refractivity contribution in [2.45, 2.75) is 31.6 Å². The molecule has 3 aromatic rings. The lowest BCUT2D eigenvalue weighted by molar-refractivity contribution is -0.127. The fourth-order valence-electron chi connectivity index (χ4n) is 4.71. The molecule has 5 rings (SSSR count). The van der Waals surface area contributed by atoms with Crippen molar-refractivity contribution in [2.75, 3.05) is 32.2 Å². The lowest BCUT2D eigenvalue weighted by Crippen LogP contribution is -2.29. The number of ketones is 1. The minimum absolute atomic E-state index is 0.0682. The molecule has 192 valence electrons. The number of hydrogen-bond acceptors (Lipinski definition) is 7. The van der Waals surface area contributed by atoms with Crippen molar-refractivity contribution in [1.29, 1.82) is 0 Å². The van der Waals surface area contributed by atoms with Crippen LogP contribution in [0.3, 0.4) is 0 Å². The van der Waals surface area contributed by atoms with Crippen LogP contribution in [0.2, 0.25) is 0 Å². The molecule has 0 N–H and O–H groups in total. The van der Waals surface area contributed by atoms with Gasteiger partial charge in [-0.05, 0) is 57.0 Å². The number of fused-ring (bicyclic) bond motifs is 1. The van der Waals surface area contributed by atoms with Crippen molar-refractivity contribution in [3.63, 3.8) is 0 Å². The van der Waals surface area contributed by atoms with E-state index in [1.807, 2.05) is 47.6 Å². The third kappa shape index (κ3) is 5.22. The second-order valence-electron chi connectivity index (χ2n) is 9.03. The summed E-state index contributed by atoms with van der Waals surface area (Å²) in [5, 5.41) is 0. The molecule has 1 saturated heterocycles. The van der Waals surface area contributed by atoms with Gasteiger partial charge in [-0.15, -0.1) is 11.8 Å². The third-order valence-electron chi connectivity index (χ3n) is 6.60. The average molecular weight is 521 g/mol. The Kier molecular flexibility index (Phi) is 7.23. The van der Waals surface area contributed by atoms with E-state index >= 15 is 0 Å². The van der Waals surface area contributed by atoms with Gasteiger partial charge in [0.2, 0.25) is 18.5 Å². The van der Waals surface area contributed by atoms with E-state index in [9.17, 15) is 14.4 Å². The largest absolute Gasteiger partial charge is 0.454 e. The summed E-state index contributed by atoms with van der Waals surface area (Å²) in [6.45, 7) is 5.16. The van der Waals surface area contributed by atoms with Crippen LogP contribution in [-0.2, 0) is 9.53 Å². The molecular formula is C28H28N2O6S. The zero-order valence-corrected chi connectivity index (χ0v) is 21.6. The van der Waals surface area contributed by atoms with Crippen LogP contribution in [0.1, 0.15) is 44.9 Å². The molecule has 1 fully saturated rings. The minimum atomic E-state index is -0.588. The Labute approximate surface area is 219 Å². The van der Waals surface area contributed by atoms with E-state index in [0.717, 1.165) is 43.0 Å². The van der Waals surface area contributed by atoms with Crippen molar-refractivity contribution in [3.8, 4) is 17.2 Å². The Bertz CT molecular complexity index is 1360. The Hall–Kier alpha value is -3.72. The summed E-state index contributed by atoms with van der Waals surface area (Å²) >= 11 is 1.32. The Balaban J connectivity index is 1.24. The first kappa shape index (κ1) is 25.0. The second kappa shape index (κ2) is 10.7. The number of nitrogens with zero attached hydrogens (tertiary/aromatic N) is 2. The van der Waals surface area contributed by atoms with Crippen LogP contribution >= 0.6 is 11.8 Å². The highest BCUT2D eigenvalue weighted by Gasteiger charge is 2.23. The van der Waals surface area contributed by atoms with E-state index in [-0.39, 0.29) is 30.8 Å². The van der Waals surface area contributed by atoms with Gasteiger partial charge in [0.05, 0.1) is 11.3 Å². The van der Waals surface area contributed by atoms with Crippen molar-refractivity contribution >= 4 is 29.4 Å². The van der Waals surface area contributed by atoms with Gasteiger partial charge in [-0.1, -0.05) is 12.1 Å². The Morgan fingerprint density at radius 3 is 2.51 bits per heavy atom. The van der Waals surface area contributed by atoms with Crippen molar-refractivity contribution < 1.29 is 28.6 Å². The molecule has 0 spiro atoms. The number of hydrogen-bond donors (Lipinski definition) is 0. The second-order valence-corrected chi connectivity index (χ2v) is 10.0. The SMILES string of the molecule is Cc1cc(C(=O)COC(=O)c2ccccc2SCC(=O)N2CCCC2)c(C)n1-c1ccc2c(c1)OCO2. The fraction of sp³-hybridized carbons (Fsp3) is 0.321. The first-order valence-electron chi connectivity index (χ1n) is 12.2. The summed E-state index contributed by atoms with van der Waals surface area (Å²) in [4.78, 5) is 40.9. The van der Waals surface area contributed by atoms with Crippen LogP contribution in [-0.4, -0.2) is 59.4 Å². The lowest BCUT2D eigenvalue weighted by atomic mass is 10.1. The number of benzene rings is 2. The Morgan fingerprint density at radius 2 is 1.70 bits per heavy atom. The average Bonchev–Trinajstić information content (AvgIpc) is 3.66. The molecule has 0 atom stereocenters. The van der Waals surface area contributed by atoms with Crippen LogP contribution in [0.5, 0.6) is 11.5 Å². The van der Waals surface area contributed by atoms with Crippen LogP contribution in [0.15, 0.2) is 53.4 Å². The van der Waals surface area contributed by atoms with Crippen LogP contribution in [0.4, 0.5) is 0 Å². The molecule has 9 heteroatoms. The molecule has 3 heterocycles. The van der Waals surface area contributed by atoms with Crippen LogP contribution < -0.4 is 9.47 Å². The zero-order chi connectivity index (χ0) is 25.9. The highest BCUT2D eigenvalue weighted by Crippen LogP contribution is 2.35. The summed E-state index contributed by atoms with van der Waals surface area (Å²) in [6, 6.07) is 14.4. The van der Waals surface area contributed by atoms with E-state index in [2.05, 4.69) is 0 Å². The molecule has 2 aromatic carbocycles. The zero-order valence-electron chi connectivity index (χ0n) is 20.8. The quantitative estimate of drug-likeness (QED) is 0.244. The molecule has 0 radical (unpaired) electrons. The number of rotatable bonds is 8. The van der Waals surface area contributed by atoms with E-state index < -0.39 is 5.97 Å². The standard InChI is InChI=1S/C28H28N2O6S/c1-18-13-22(19(2)30(18)20-9-10-24-25(14-20)36-17-35-24)23(31)15-34-28(33)21-7-3-4-8-26(21)37-16-27(32)29-11-5-6-12-29/h3-4,7-10,13-14H,5-6,11-12,15-17H2,1-2H3. The molecule has 1 aromatic heterocycles. The van der Waals surface area contributed by atoms with Gasteiger partial charge in [-0.25, -0.2) is 4.79 Å². The molecular weight excluding hydrogens is 492 g/mol. The van der Waals surface area contributed by atoms with Gasteiger partial charge in [-0.2, -0.15) is 0 Å². The molecule has 37 heavy (non-hydrogen) atoms. The molecule has 0 aliphatic carbocycles. The van der Waals surface area contributed by atoms with E-state index in [0.29, 0.717) is 27.5 Å².